The zero-order valence-corrected chi connectivity index (χ0v) is 11.4. The summed E-state index contributed by atoms with van der Waals surface area (Å²) >= 11 is 0. The maximum atomic E-state index is 11.9. The Morgan fingerprint density at radius 2 is 1.72 bits per heavy atom. The molecule has 0 bridgehead atoms. The molecule has 98 valence electrons. The highest BCUT2D eigenvalue weighted by molar-refractivity contribution is 5.94. The molecule has 4 nitrogen and oxygen atoms in total. The van der Waals surface area contributed by atoms with Crippen molar-refractivity contribution in [3.63, 3.8) is 0 Å². The van der Waals surface area contributed by atoms with Gasteiger partial charge in [0.25, 0.3) is 0 Å². The van der Waals surface area contributed by atoms with Crippen LogP contribution in [0.3, 0.4) is 0 Å². The van der Waals surface area contributed by atoms with E-state index in [-0.39, 0.29) is 0 Å². The molecule has 18 heavy (non-hydrogen) atoms. The van der Waals surface area contributed by atoms with Gasteiger partial charge in [0.2, 0.25) is 0 Å². The lowest BCUT2D eigenvalue weighted by Gasteiger charge is -2.20. The number of benzene rings is 1. The van der Waals surface area contributed by atoms with Crippen LogP contribution in [0.25, 0.3) is 0 Å². The quantitative estimate of drug-likeness (QED) is 0.757. The van der Waals surface area contributed by atoms with Gasteiger partial charge >= 0.3 is 11.9 Å². The minimum atomic E-state index is -0.537. The predicted molar refractivity (Wildman–Crippen MR) is 67.7 cm³/mol. The molecular weight excluding hydrogens is 232 g/mol. The molecule has 0 unspecified atom stereocenters. The van der Waals surface area contributed by atoms with E-state index in [2.05, 4.69) is 4.74 Å². The van der Waals surface area contributed by atoms with Crippen molar-refractivity contribution in [2.24, 2.45) is 0 Å². The molecular formula is C14H18O4. The minimum Gasteiger partial charge on any atom is -0.465 e. The second-order valence-electron chi connectivity index (χ2n) is 5.02. The van der Waals surface area contributed by atoms with Crippen molar-refractivity contribution >= 4 is 11.9 Å². The van der Waals surface area contributed by atoms with E-state index in [1.54, 1.807) is 25.1 Å². The van der Waals surface area contributed by atoms with Gasteiger partial charge in [-0.15, -0.1) is 0 Å². The molecule has 0 heterocycles. The predicted octanol–water partition coefficient (Wildman–Crippen LogP) is 2.74. The van der Waals surface area contributed by atoms with Crippen LogP contribution in [0.4, 0.5) is 0 Å². The van der Waals surface area contributed by atoms with Crippen molar-refractivity contribution in [3.05, 3.63) is 34.9 Å². The number of aryl methyl sites for hydroxylation is 1. The first kappa shape index (κ1) is 14.2. The Kier molecular flexibility index (Phi) is 4.11. The van der Waals surface area contributed by atoms with Crippen molar-refractivity contribution in [1.29, 1.82) is 0 Å². The fourth-order valence-corrected chi connectivity index (χ4v) is 1.47. The molecule has 0 saturated carbocycles. The van der Waals surface area contributed by atoms with Gasteiger partial charge in [0.05, 0.1) is 18.2 Å². The molecule has 0 spiro atoms. The Morgan fingerprint density at radius 3 is 2.17 bits per heavy atom. The molecule has 1 aromatic carbocycles. The van der Waals surface area contributed by atoms with Gasteiger partial charge in [0, 0.05) is 0 Å². The summed E-state index contributed by atoms with van der Waals surface area (Å²) in [7, 11) is 1.32. The third-order valence-electron chi connectivity index (χ3n) is 2.27. The van der Waals surface area contributed by atoms with Crippen molar-refractivity contribution < 1.29 is 19.1 Å². The summed E-state index contributed by atoms with van der Waals surface area (Å²) in [6, 6.07) is 4.75. The molecule has 0 radical (unpaired) electrons. The van der Waals surface area contributed by atoms with E-state index in [9.17, 15) is 9.59 Å². The Morgan fingerprint density at radius 1 is 1.11 bits per heavy atom. The Labute approximate surface area is 107 Å². The van der Waals surface area contributed by atoms with Crippen LogP contribution in [-0.2, 0) is 9.47 Å². The van der Waals surface area contributed by atoms with Crippen molar-refractivity contribution in [2.45, 2.75) is 33.3 Å². The highest BCUT2D eigenvalue weighted by Crippen LogP contribution is 2.17. The van der Waals surface area contributed by atoms with Crippen LogP contribution in [0.15, 0.2) is 18.2 Å². The van der Waals surface area contributed by atoms with Crippen LogP contribution in [0.1, 0.15) is 47.1 Å². The van der Waals surface area contributed by atoms with E-state index >= 15 is 0 Å². The maximum Gasteiger partial charge on any atom is 0.338 e. The van der Waals surface area contributed by atoms with Crippen LogP contribution in [0.2, 0.25) is 0 Å². The van der Waals surface area contributed by atoms with Gasteiger partial charge in [-0.1, -0.05) is 0 Å². The van der Waals surface area contributed by atoms with Gasteiger partial charge < -0.3 is 9.47 Å². The fraction of sp³-hybridized carbons (Fsp3) is 0.429. The molecule has 0 fully saturated rings. The van der Waals surface area contributed by atoms with Crippen LogP contribution < -0.4 is 0 Å². The highest BCUT2D eigenvalue weighted by Gasteiger charge is 2.20. The average molecular weight is 250 g/mol. The molecule has 0 aliphatic carbocycles. The van der Waals surface area contributed by atoms with Crippen LogP contribution in [0.5, 0.6) is 0 Å². The van der Waals surface area contributed by atoms with Crippen molar-refractivity contribution in [1.82, 2.24) is 0 Å². The number of hydrogen-bond acceptors (Lipinski definition) is 4. The van der Waals surface area contributed by atoms with E-state index in [0.717, 1.165) is 0 Å². The number of hydrogen-bond donors (Lipinski definition) is 0. The average Bonchev–Trinajstić information content (AvgIpc) is 2.25. The zero-order valence-electron chi connectivity index (χ0n) is 11.4. The number of methoxy groups -OCH3 is 1. The summed E-state index contributed by atoms with van der Waals surface area (Å²) in [6.07, 6.45) is 0. The van der Waals surface area contributed by atoms with Gasteiger partial charge in [0.1, 0.15) is 5.60 Å². The summed E-state index contributed by atoms with van der Waals surface area (Å²) in [6.45, 7) is 7.18. The second kappa shape index (κ2) is 5.21. The molecule has 0 saturated heterocycles. The Balaban J connectivity index is 2.99. The van der Waals surface area contributed by atoms with Gasteiger partial charge in [-0.25, -0.2) is 9.59 Å². The summed E-state index contributed by atoms with van der Waals surface area (Å²) < 4.78 is 9.89. The Bertz CT molecular complexity index is 469. The van der Waals surface area contributed by atoms with Crippen LogP contribution in [-0.4, -0.2) is 24.6 Å². The molecule has 0 amide bonds. The largest absolute Gasteiger partial charge is 0.465 e. The van der Waals surface area contributed by atoms with E-state index in [1.807, 2.05) is 20.8 Å². The number of ether oxygens (including phenoxy) is 2. The summed E-state index contributed by atoms with van der Waals surface area (Å²) in [5.41, 5.74) is 1.02. The van der Waals surface area contributed by atoms with Crippen LogP contribution >= 0.6 is 0 Å². The van der Waals surface area contributed by atoms with Crippen LogP contribution in [0, 0.1) is 6.92 Å². The van der Waals surface area contributed by atoms with Crippen molar-refractivity contribution in [3.8, 4) is 0 Å². The summed E-state index contributed by atoms with van der Waals surface area (Å²) in [5, 5.41) is 0. The lowest BCUT2D eigenvalue weighted by atomic mass is 10.0. The lowest BCUT2D eigenvalue weighted by Crippen LogP contribution is -2.24. The molecule has 0 atom stereocenters. The summed E-state index contributed by atoms with van der Waals surface area (Å²) in [4.78, 5) is 23.2. The number of carbonyl (C=O) groups excluding carboxylic acids is 2. The molecule has 1 aromatic rings. The molecule has 0 N–H and O–H groups in total. The standard InChI is InChI=1S/C14H18O4/c1-9-8-10(12(15)17-5)6-7-11(9)13(16)18-14(2,3)4/h6-8H,1-5H3. The molecule has 1 rings (SSSR count). The molecule has 0 aromatic heterocycles. The van der Waals surface area contributed by atoms with Gasteiger partial charge in [-0.05, 0) is 51.5 Å². The SMILES string of the molecule is COC(=O)c1ccc(C(=O)OC(C)(C)C)c(C)c1. The lowest BCUT2D eigenvalue weighted by molar-refractivity contribution is 0.00683. The first-order valence-corrected chi connectivity index (χ1v) is 5.67. The first-order valence-electron chi connectivity index (χ1n) is 5.67. The van der Waals surface area contributed by atoms with E-state index in [0.29, 0.717) is 16.7 Å². The third-order valence-corrected chi connectivity index (χ3v) is 2.27. The zero-order chi connectivity index (χ0) is 13.9. The Hall–Kier alpha value is -1.84. The highest BCUT2D eigenvalue weighted by atomic mass is 16.6. The molecule has 4 heteroatoms. The van der Waals surface area contributed by atoms with E-state index in [1.165, 1.54) is 7.11 Å². The smallest absolute Gasteiger partial charge is 0.338 e. The first-order chi connectivity index (χ1) is 8.24. The number of carbonyl (C=O) groups is 2. The van der Waals surface area contributed by atoms with E-state index < -0.39 is 17.5 Å². The fourth-order valence-electron chi connectivity index (χ4n) is 1.47. The van der Waals surface area contributed by atoms with Gasteiger partial charge in [-0.2, -0.15) is 0 Å². The monoisotopic (exact) mass is 250 g/mol. The molecule has 0 aliphatic heterocycles. The molecule has 0 aliphatic rings. The third kappa shape index (κ3) is 3.58. The van der Waals surface area contributed by atoms with Gasteiger partial charge in [-0.3, -0.25) is 0 Å². The van der Waals surface area contributed by atoms with E-state index in [4.69, 9.17) is 4.74 Å². The number of rotatable bonds is 2. The number of esters is 2. The summed E-state index contributed by atoms with van der Waals surface area (Å²) in [5.74, 6) is -0.815. The van der Waals surface area contributed by atoms with Crippen molar-refractivity contribution in [2.75, 3.05) is 7.11 Å². The maximum absolute atomic E-state index is 11.9. The normalized spacial score (nSPS) is 10.9. The van der Waals surface area contributed by atoms with Gasteiger partial charge in [0.15, 0.2) is 0 Å². The minimum absolute atomic E-state index is 0.392. The topological polar surface area (TPSA) is 52.6 Å². The second-order valence-corrected chi connectivity index (χ2v) is 5.02.